The summed E-state index contributed by atoms with van der Waals surface area (Å²) in [5, 5.41) is 10.1. The van der Waals surface area contributed by atoms with Gasteiger partial charge in [0, 0.05) is 23.9 Å². The molecule has 2 aromatic rings. The van der Waals surface area contributed by atoms with Crippen LogP contribution in [0.5, 0.6) is 5.75 Å². The second-order valence-electron chi connectivity index (χ2n) is 5.01. The van der Waals surface area contributed by atoms with E-state index in [2.05, 4.69) is 4.99 Å². The van der Waals surface area contributed by atoms with Gasteiger partial charge in [0.1, 0.15) is 17.3 Å². The Morgan fingerprint density at radius 1 is 1.16 bits per heavy atom. The van der Waals surface area contributed by atoms with Crippen molar-refractivity contribution in [3.05, 3.63) is 58.9 Å². The Morgan fingerprint density at radius 2 is 1.76 bits per heavy atom. The molecule has 25 heavy (non-hydrogen) atoms. The fourth-order valence-electron chi connectivity index (χ4n) is 2.08. The first-order valence-corrected chi connectivity index (χ1v) is 11.7. The number of unbranched alkanes of at least 4 members (excludes halogenated alkanes) is 1. The standard InChI is InChI=1S/C17H16F3NO.2ClH.Ti/c1-2-3-5-11-6-4-7-12(17(11)22)10-21-16-14(19)8-13(18)9-15(16)20;;;/h4,6-10,22H,2-3,5H2,1H3;2*1H;/q;;;+2/p-2. The predicted octanol–water partition coefficient (Wildman–Crippen LogP) is 6.28. The Hall–Kier alpha value is -1.01. The van der Waals surface area contributed by atoms with E-state index >= 15 is 0 Å². The molecule has 134 valence electrons. The zero-order chi connectivity index (χ0) is 18.8. The second kappa shape index (κ2) is 11.6. The molecule has 0 aliphatic carbocycles. The Labute approximate surface area is 161 Å². The van der Waals surface area contributed by atoms with Crippen LogP contribution in [0, 0.1) is 17.5 Å². The number of aliphatic imine (C=N–C) groups is 1. The van der Waals surface area contributed by atoms with E-state index in [4.69, 9.17) is 18.6 Å². The maximum absolute atomic E-state index is 13.5. The molecule has 0 aromatic heterocycles. The number of hydrogen-bond donors (Lipinski definition) is 1. The van der Waals surface area contributed by atoms with Gasteiger partial charge in [0.25, 0.3) is 0 Å². The summed E-state index contributed by atoms with van der Waals surface area (Å²) in [6.45, 7) is 2.04. The van der Waals surface area contributed by atoms with Crippen LogP contribution in [0.25, 0.3) is 0 Å². The summed E-state index contributed by atoms with van der Waals surface area (Å²) in [4.78, 5) is 3.70. The number of para-hydroxylation sites is 1. The molecule has 0 aliphatic heterocycles. The van der Waals surface area contributed by atoms with Gasteiger partial charge in [-0.3, -0.25) is 0 Å². The van der Waals surface area contributed by atoms with Gasteiger partial charge < -0.3 is 5.11 Å². The van der Waals surface area contributed by atoms with Crippen LogP contribution in [-0.4, -0.2) is 11.3 Å². The number of aromatic hydroxyl groups is 1. The monoisotopic (exact) mass is 425 g/mol. The van der Waals surface area contributed by atoms with Crippen LogP contribution in [0.3, 0.4) is 0 Å². The van der Waals surface area contributed by atoms with Gasteiger partial charge in [0.05, 0.1) is 0 Å². The van der Waals surface area contributed by atoms with Crippen molar-refractivity contribution >= 4 is 30.5 Å². The molecule has 0 bridgehead atoms. The molecular weight excluding hydrogens is 410 g/mol. The number of aryl methyl sites for hydroxylation is 1. The Balaban J connectivity index is 0.000000970. The maximum atomic E-state index is 13.5. The van der Waals surface area contributed by atoms with E-state index in [1.54, 1.807) is 18.2 Å². The predicted molar refractivity (Wildman–Crippen MR) is 92.0 cm³/mol. The van der Waals surface area contributed by atoms with Crippen molar-refractivity contribution in [1.29, 1.82) is 0 Å². The van der Waals surface area contributed by atoms with Gasteiger partial charge in [-0.05, 0) is 24.5 Å². The quantitative estimate of drug-likeness (QED) is 0.443. The zero-order valence-electron chi connectivity index (χ0n) is 13.4. The third-order valence-electron chi connectivity index (χ3n) is 3.26. The zero-order valence-corrected chi connectivity index (χ0v) is 16.4. The number of phenolic OH excluding ortho intramolecular Hbond substituents is 1. The van der Waals surface area contributed by atoms with Crippen LogP contribution < -0.4 is 0 Å². The topological polar surface area (TPSA) is 32.6 Å². The molecular formula is C17H16Cl2F3NOTi. The van der Waals surface area contributed by atoms with Crippen LogP contribution >= 0.6 is 18.6 Å². The van der Waals surface area contributed by atoms with Crippen molar-refractivity contribution in [2.75, 3.05) is 0 Å². The number of rotatable bonds is 5. The summed E-state index contributed by atoms with van der Waals surface area (Å²) < 4.78 is 39.8. The number of benzene rings is 2. The molecule has 0 unspecified atom stereocenters. The van der Waals surface area contributed by atoms with Crippen LogP contribution in [-0.2, 0) is 23.5 Å². The van der Waals surface area contributed by atoms with Crippen molar-refractivity contribution in [2.24, 2.45) is 4.99 Å². The van der Waals surface area contributed by atoms with Gasteiger partial charge in [-0.25, -0.2) is 18.2 Å². The van der Waals surface area contributed by atoms with Crippen molar-refractivity contribution < 1.29 is 35.3 Å². The van der Waals surface area contributed by atoms with Gasteiger partial charge in [0.2, 0.25) is 0 Å². The van der Waals surface area contributed by atoms with Crippen LogP contribution in [0.4, 0.5) is 18.9 Å². The molecule has 0 saturated carbocycles. The first-order chi connectivity index (χ1) is 11.9. The SMILES string of the molecule is CCCCc1cccc(C=Nc2c(F)cc(F)cc2F)c1O.[Cl][Ti][Cl]. The summed E-state index contributed by atoms with van der Waals surface area (Å²) in [7, 11) is 9.78. The van der Waals surface area contributed by atoms with E-state index in [1.807, 2.05) is 6.92 Å². The molecule has 2 nitrogen and oxygen atoms in total. The molecule has 0 spiro atoms. The van der Waals surface area contributed by atoms with Crippen molar-refractivity contribution in [3.8, 4) is 5.75 Å². The Bertz CT molecular complexity index is 706. The van der Waals surface area contributed by atoms with Gasteiger partial charge in [-0.15, -0.1) is 0 Å². The number of nitrogens with zero attached hydrogens (tertiary/aromatic N) is 1. The number of phenols is 1. The molecule has 0 fully saturated rings. The van der Waals surface area contributed by atoms with Crippen LogP contribution in [0.1, 0.15) is 30.9 Å². The van der Waals surface area contributed by atoms with E-state index in [9.17, 15) is 18.3 Å². The Kier molecular flexibility index (Phi) is 10.2. The van der Waals surface area contributed by atoms with Crippen molar-refractivity contribution in [1.82, 2.24) is 0 Å². The molecule has 2 aromatic carbocycles. The van der Waals surface area contributed by atoms with Crippen molar-refractivity contribution in [3.63, 3.8) is 0 Å². The minimum absolute atomic E-state index is 0.0441. The third-order valence-corrected chi connectivity index (χ3v) is 3.26. The molecule has 0 aliphatic rings. The molecule has 0 amide bonds. The normalized spacial score (nSPS) is 10.5. The van der Waals surface area contributed by atoms with Gasteiger partial charge >= 0.3 is 35.6 Å². The van der Waals surface area contributed by atoms with E-state index < -0.39 is 40.2 Å². The first-order valence-electron chi connectivity index (χ1n) is 7.40. The van der Waals surface area contributed by atoms with E-state index in [0.717, 1.165) is 18.4 Å². The first kappa shape index (κ1) is 22.0. The fourth-order valence-corrected chi connectivity index (χ4v) is 2.08. The molecule has 2 rings (SSSR count). The minimum atomic E-state index is -1.09. The van der Waals surface area contributed by atoms with Crippen molar-refractivity contribution in [2.45, 2.75) is 26.2 Å². The van der Waals surface area contributed by atoms with Gasteiger partial charge in [-0.2, -0.15) is 0 Å². The fraction of sp³-hybridized carbons (Fsp3) is 0.235. The van der Waals surface area contributed by atoms with Gasteiger partial charge in [-0.1, -0.05) is 25.5 Å². The van der Waals surface area contributed by atoms with E-state index in [0.29, 0.717) is 24.1 Å². The van der Waals surface area contributed by atoms with Gasteiger partial charge in [0.15, 0.2) is 11.6 Å². The molecule has 0 saturated heterocycles. The molecule has 0 heterocycles. The van der Waals surface area contributed by atoms with Crippen LogP contribution in [0.2, 0.25) is 0 Å². The number of halogens is 5. The summed E-state index contributed by atoms with van der Waals surface area (Å²) in [6, 6.07) is 6.25. The van der Waals surface area contributed by atoms with E-state index in [1.165, 1.54) is 6.21 Å². The average molecular weight is 426 g/mol. The molecule has 8 heteroatoms. The van der Waals surface area contributed by atoms with E-state index in [-0.39, 0.29) is 5.75 Å². The summed E-state index contributed by atoms with van der Waals surface area (Å²) in [5.74, 6) is -3.13. The Morgan fingerprint density at radius 3 is 2.32 bits per heavy atom. The molecule has 1 N–H and O–H groups in total. The number of hydrogen-bond acceptors (Lipinski definition) is 2. The molecule has 0 radical (unpaired) electrons. The second-order valence-corrected chi connectivity index (χ2v) is 7.59. The summed E-state index contributed by atoms with van der Waals surface area (Å²) in [5.41, 5.74) is 0.530. The average Bonchev–Trinajstić information content (AvgIpc) is 2.55. The summed E-state index contributed by atoms with van der Waals surface area (Å²) >= 11 is -0.556. The summed E-state index contributed by atoms with van der Waals surface area (Å²) in [6.07, 6.45) is 3.80. The van der Waals surface area contributed by atoms with Crippen LogP contribution in [0.15, 0.2) is 35.3 Å². The molecule has 0 atom stereocenters. The third kappa shape index (κ3) is 7.02.